The molecule has 1 saturated heterocycles. The molecule has 0 radical (unpaired) electrons. The molecule has 0 saturated carbocycles. The molecule has 1 aliphatic rings. The number of cyclic esters (lactones) is 1. The third kappa shape index (κ3) is 1.18. The number of carbonyl (C=O) groups is 2. The second-order valence-electron chi connectivity index (χ2n) is 2.04. The van der Waals surface area contributed by atoms with E-state index >= 15 is 0 Å². The van der Waals surface area contributed by atoms with E-state index in [0.29, 0.717) is 13.0 Å². The molecule has 0 aliphatic carbocycles. The molecule has 0 aromatic rings. The lowest BCUT2D eigenvalue weighted by Crippen LogP contribution is -2.31. The number of ether oxygens (including phenoxy) is 1. The molecule has 1 rings (SSSR count). The molecule has 56 valence electrons. The lowest BCUT2D eigenvalue weighted by atomic mass is 10.5. The van der Waals surface area contributed by atoms with Crippen molar-refractivity contribution in [1.82, 2.24) is 10.2 Å². The highest BCUT2D eigenvalue weighted by Crippen LogP contribution is 2.04. The van der Waals surface area contributed by atoms with Gasteiger partial charge in [-0.1, -0.05) is 0 Å². The van der Waals surface area contributed by atoms with Crippen LogP contribution in [0.15, 0.2) is 0 Å². The molecule has 1 aliphatic heterocycles. The molecule has 5 heteroatoms. The third-order valence-corrected chi connectivity index (χ3v) is 1.25. The van der Waals surface area contributed by atoms with Gasteiger partial charge in [0.2, 0.25) is 6.41 Å². The molecule has 0 spiro atoms. The Morgan fingerprint density at radius 3 is 3.00 bits per heavy atom. The van der Waals surface area contributed by atoms with Gasteiger partial charge < -0.3 is 15.0 Å². The van der Waals surface area contributed by atoms with Gasteiger partial charge in [-0.15, -0.1) is 0 Å². The van der Waals surface area contributed by atoms with E-state index in [1.54, 1.807) is 7.05 Å². The highest BCUT2D eigenvalue weighted by atomic mass is 16.6. The van der Waals surface area contributed by atoms with E-state index in [2.05, 4.69) is 10.1 Å². The van der Waals surface area contributed by atoms with Crippen LogP contribution in [0.3, 0.4) is 0 Å². The van der Waals surface area contributed by atoms with Gasteiger partial charge in [-0.05, 0) is 0 Å². The normalized spacial score (nSPS) is 24.3. The second kappa shape index (κ2) is 2.55. The topological polar surface area (TPSA) is 58.6 Å². The monoisotopic (exact) mass is 144 g/mol. The van der Waals surface area contributed by atoms with Gasteiger partial charge >= 0.3 is 6.09 Å². The summed E-state index contributed by atoms with van der Waals surface area (Å²) < 4.78 is 4.66. The summed E-state index contributed by atoms with van der Waals surface area (Å²) in [6.07, 6.45) is -0.369. The number of nitrogens with zero attached hydrogens (tertiary/aromatic N) is 1. The quantitative estimate of drug-likeness (QED) is 0.513. The first-order valence-corrected chi connectivity index (χ1v) is 2.85. The van der Waals surface area contributed by atoms with Crippen molar-refractivity contribution in [3.05, 3.63) is 0 Å². The lowest BCUT2D eigenvalue weighted by molar-refractivity contribution is -0.111. The van der Waals surface area contributed by atoms with E-state index in [-0.39, 0.29) is 0 Å². The maximum atomic E-state index is 10.6. The Morgan fingerprint density at radius 2 is 2.60 bits per heavy atom. The predicted octanol–water partition coefficient (Wildman–Crippen LogP) is -0.860. The highest BCUT2D eigenvalue weighted by Gasteiger charge is 2.27. The van der Waals surface area contributed by atoms with E-state index in [4.69, 9.17) is 0 Å². The number of carbonyl (C=O) groups excluding carboxylic acids is 2. The largest absolute Gasteiger partial charge is 0.423 e. The Morgan fingerprint density at radius 1 is 1.90 bits per heavy atom. The summed E-state index contributed by atoms with van der Waals surface area (Å²) in [4.78, 5) is 21.9. The van der Waals surface area contributed by atoms with Crippen molar-refractivity contribution in [3.63, 3.8) is 0 Å². The zero-order valence-corrected chi connectivity index (χ0v) is 5.53. The van der Waals surface area contributed by atoms with Gasteiger partial charge in [0.05, 0.1) is 6.54 Å². The summed E-state index contributed by atoms with van der Waals surface area (Å²) >= 11 is 0. The number of hydrogen-bond donors (Lipinski definition) is 1. The summed E-state index contributed by atoms with van der Waals surface area (Å²) in [5, 5.41) is 2.34. The molecule has 10 heavy (non-hydrogen) atoms. The first kappa shape index (κ1) is 6.85. The minimum Gasteiger partial charge on any atom is -0.423 e. The molecule has 0 bridgehead atoms. The van der Waals surface area contributed by atoms with E-state index in [1.807, 2.05) is 0 Å². The van der Waals surface area contributed by atoms with Crippen LogP contribution in [0.5, 0.6) is 0 Å². The van der Waals surface area contributed by atoms with Crippen molar-refractivity contribution in [1.29, 1.82) is 0 Å². The molecule has 1 heterocycles. The Kier molecular flexibility index (Phi) is 1.75. The van der Waals surface area contributed by atoms with Crippen molar-refractivity contribution < 1.29 is 14.3 Å². The van der Waals surface area contributed by atoms with Crippen molar-refractivity contribution >= 4 is 12.5 Å². The molecule has 1 atom stereocenters. The van der Waals surface area contributed by atoms with Gasteiger partial charge in [-0.25, -0.2) is 4.79 Å². The maximum absolute atomic E-state index is 10.6. The summed E-state index contributed by atoms with van der Waals surface area (Å²) in [5.74, 6) is 0. The fourth-order valence-corrected chi connectivity index (χ4v) is 0.735. The SMILES string of the molecule is CN1CC(NC=O)OC1=O. The zero-order chi connectivity index (χ0) is 7.56. The van der Waals surface area contributed by atoms with Crippen LogP contribution >= 0.6 is 0 Å². The Hall–Kier alpha value is -1.26. The minimum absolute atomic E-state index is 0.403. The number of rotatable bonds is 2. The van der Waals surface area contributed by atoms with Crippen LogP contribution in [0.4, 0.5) is 4.79 Å². The second-order valence-corrected chi connectivity index (χ2v) is 2.04. The van der Waals surface area contributed by atoms with Gasteiger partial charge in [-0.3, -0.25) is 4.79 Å². The zero-order valence-electron chi connectivity index (χ0n) is 5.53. The number of amides is 2. The van der Waals surface area contributed by atoms with Crippen LogP contribution in [0, 0.1) is 0 Å². The van der Waals surface area contributed by atoms with E-state index in [0.717, 1.165) is 0 Å². The van der Waals surface area contributed by atoms with E-state index in [9.17, 15) is 9.59 Å². The summed E-state index contributed by atoms with van der Waals surface area (Å²) in [5.41, 5.74) is 0. The van der Waals surface area contributed by atoms with Crippen molar-refractivity contribution in [3.8, 4) is 0 Å². The summed E-state index contributed by atoms with van der Waals surface area (Å²) in [6.45, 7) is 0.414. The molecule has 1 N–H and O–H groups in total. The molecule has 0 aromatic carbocycles. The lowest BCUT2D eigenvalue weighted by Gasteiger charge is -2.03. The average Bonchev–Trinajstić information content (AvgIpc) is 2.14. The summed E-state index contributed by atoms with van der Waals surface area (Å²) in [6, 6.07) is 0. The van der Waals surface area contributed by atoms with Crippen molar-refractivity contribution in [2.24, 2.45) is 0 Å². The fraction of sp³-hybridized carbons (Fsp3) is 0.600. The predicted molar refractivity (Wildman–Crippen MR) is 32.1 cm³/mol. The van der Waals surface area contributed by atoms with Crippen molar-refractivity contribution in [2.45, 2.75) is 6.23 Å². The fourth-order valence-electron chi connectivity index (χ4n) is 0.735. The maximum Gasteiger partial charge on any atom is 0.411 e. The molecule has 1 unspecified atom stereocenters. The molecule has 5 nitrogen and oxygen atoms in total. The number of hydrogen-bond acceptors (Lipinski definition) is 3. The standard InChI is InChI=1S/C5H8N2O3/c1-7-2-4(6-3-8)10-5(7)9/h3-4H,2H2,1H3,(H,6,8). The van der Waals surface area contributed by atoms with Crippen LogP contribution in [0.1, 0.15) is 0 Å². The number of nitrogens with one attached hydrogen (secondary N) is 1. The van der Waals surface area contributed by atoms with Crippen LogP contribution < -0.4 is 5.32 Å². The Labute approximate surface area is 57.9 Å². The molecule has 1 fully saturated rings. The first-order chi connectivity index (χ1) is 4.74. The van der Waals surface area contributed by atoms with Crippen LogP contribution in [-0.4, -0.2) is 37.2 Å². The van der Waals surface area contributed by atoms with Gasteiger partial charge in [0, 0.05) is 7.05 Å². The van der Waals surface area contributed by atoms with Crippen LogP contribution in [0.2, 0.25) is 0 Å². The first-order valence-electron chi connectivity index (χ1n) is 2.85. The highest BCUT2D eigenvalue weighted by molar-refractivity contribution is 5.69. The molecule has 2 amide bonds. The number of likely N-dealkylation sites (N-methyl/N-ethyl adjacent to an activating group) is 1. The van der Waals surface area contributed by atoms with E-state index < -0.39 is 12.3 Å². The van der Waals surface area contributed by atoms with Crippen LogP contribution in [-0.2, 0) is 9.53 Å². The minimum atomic E-state index is -0.477. The average molecular weight is 144 g/mol. The van der Waals surface area contributed by atoms with Crippen molar-refractivity contribution in [2.75, 3.05) is 13.6 Å². The van der Waals surface area contributed by atoms with Gasteiger partial charge in [-0.2, -0.15) is 0 Å². The van der Waals surface area contributed by atoms with E-state index in [1.165, 1.54) is 4.90 Å². The smallest absolute Gasteiger partial charge is 0.411 e. The molecular weight excluding hydrogens is 136 g/mol. The van der Waals surface area contributed by atoms with Gasteiger partial charge in [0.1, 0.15) is 0 Å². The summed E-state index contributed by atoms with van der Waals surface area (Å²) in [7, 11) is 1.61. The Bertz CT molecular complexity index is 159. The molecule has 0 aromatic heterocycles. The third-order valence-electron chi connectivity index (χ3n) is 1.25. The molecular formula is C5H8N2O3. The van der Waals surface area contributed by atoms with Crippen LogP contribution in [0.25, 0.3) is 0 Å². The van der Waals surface area contributed by atoms with Gasteiger partial charge in [0.25, 0.3) is 0 Å². The van der Waals surface area contributed by atoms with Gasteiger partial charge in [0.15, 0.2) is 6.23 Å². The Balaban J connectivity index is 2.41.